The third-order valence-corrected chi connectivity index (χ3v) is 28.7. The highest BCUT2D eigenvalue weighted by Gasteiger charge is 2.47. The Morgan fingerprint density at radius 1 is 0.212 bits per heavy atom. The van der Waals surface area contributed by atoms with Crippen LogP contribution < -0.4 is 26.2 Å². The molecule has 0 N–H and O–H groups in total. The molecule has 0 saturated carbocycles. The molecule has 0 fully saturated rings. The first-order chi connectivity index (χ1) is 62.1. The van der Waals surface area contributed by atoms with Gasteiger partial charge in [-0.2, -0.15) is 0 Å². The van der Waals surface area contributed by atoms with Gasteiger partial charge in [0.2, 0.25) is 0 Å². The fourth-order valence-electron chi connectivity index (χ4n) is 20.8. The van der Waals surface area contributed by atoms with E-state index in [4.69, 9.17) is 8.83 Å². The predicted molar refractivity (Wildman–Crippen MR) is 570 cm³/mol. The summed E-state index contributed by atoms with van der Waals surface area (Å²) in [7, 11) is 0. The molecule has 3 aromatic heterocycles. The SMILES string of the molecule is CC(C)(C)c1cc(-c2ccc3c(c2)B2c4cc(-c5cc(C(C)(C)C)cc(C(C)(C)C)c5)ccc4N(c4c(-c5cc(C(C)(C)C)cc(C(C)(C)C)c5)cccc4-c4cccc5oc6ccccc6c45)c4cc(-n5c6ccccc6c6cc(C(C)(C)C)ccc65)cc(c42)N3c2c(-c3cc(C(C)(C)C)cc(C(C)(C)C)c3)cccc2-c2cccc3oc4ccccc4c23)cc(C(C)(C)C)c1. The highest BCUT2D eigenvalue weighted by Crippen LogP contribution is 2.58. The van der Waals surface area contributed by atoms with E-state index in [2.05, 4.69) is 486 Å². The third-order valence-electron chi connectivity index (χ3n) is 28.7. The molecule has 0 saturated heterocycles. The summed E-state index contributed by atoms with van der Waals surface area (Å²) in [4.78, 5) is 5.57. The van der Waals surface area contributed by atoms with Gasteiger partial charge in [-0.15, -0.1) is 0 Å². The van der Waals surface area contributed by atoms with Crippen molar-refractivity contribution in [2.45, 2.75) is 236 Å². The van der Waals surface area contributed by atoms with Crippen molar-refractivity contribution in [3.05, 3.63) is 335 Å². The zero-order valence-electron chi connectivity index (χ0n) is 82.9. The highest BCUT2D eigenvalue weighted by atomic mass is 16.3. The summed E-state index contributed by atoms with van der Waals surface area (Å²) < 4.78 is 16.8. The molecular weight excluding hydrogens is 1600 g/mol. The van der Waals surface area contributed by atoms with Crippen LogP contribution in [0.2, 0.25) is 0 Å². The first-order valence-electron chi connectivity index (χ1n) is 48.0. The van der Waals surface area contributed by atoms with Crippen molar-refractivity contribution < 1.29 is 8.83 Å². The first-order valence-corrected chi connectivity index (χ1v) is 48.0. The number of benzene rings is 15. The molecule has 0 amide bonds. The first kappa shape index (κ1) is 87.4. The van der Waals surface area contributed by atoms with Crippen LogP contribution in [-0.4, -0.2) is 11.3 Å². The molecule has 662 valence electrons. The van der Waals surface area contributed by atoms with E-state index in [1.54, 1.807) is 0 Å². The Balaban J connectivity index is 1.04. The van der Waals surface area contributed by atoms with E-state index in [9.17, 15) is 0 Å². The standard InChI is InChI=1S/C126H128BN3O2/c1-118(2,3)81-54-57-104-100(72-81)93-38-28-31-47-103(93)128(104)90-73-107-115-108(74-90)130(117-92(80-64-88(125(22,23)24)71-89(65-80)126(25,26)27)42-35-46-97(117)95-44-37-51-112-114(95)99-40-30-33-49-110(99)132-112)106-56-53-76(78-60-84(121(10,11)12)69-85(61-78)122(13,14)15)67-102(106)127(115)101-66-75(77-58-82(119(4,5)6)68-83(59-77)120(7,8)9)52-55-105(101)129(107)116-91(79-62-86(123(16,17)18)70-87(63-79)124(19,20)21)41-34-45-96(116)94-43-36-50-111-113(94)98-39-29-32-48-109(98)131-111/h28-74H,1-27H3. The van der Waals surface area contributed by atoms with Gasteiger partial charge in [0.25, 0.3) is 6.71 Å². The van der Waals surface area contributed by atoms with Gasteiger partial charge in [0.15, 0.2) is 0 Å². The summed E-state index contributed by atoms with van der Waals surface area (Å²) in [5, 5.41) is 6.71. The maximum atomic E-state index is 7.07. The van der Waals surface area contributed by atoms with E-state index in [0.29, 0.717) is 0 Å². The van der Waals surface area contributed by atoms with Gasteiger partial charge in [0, 0.05) is 77.3 Å². The molecule has 0 radical (unpaired) electrons. The Kier molecular flexibility index (Phi) is 20.2. The van der Waals surface area contributed by atoms with E-state index >= 15 is 0 Å². The van der Waals surface area contributed by atoms with Gasteiger partial charge in [0.1, 0.15) is 22.3 Å². The van der Waals surface area contributed by atoms with Crippen LogP contribution >= 0.6 is 0 Å². The molecule has 0 aliphatic carbocycles. The van der Waals surface area contributed by atoms with E-state index in [-0.39, 0.29) is 48.7 Å². The lowest BCUT2D eigenvalue weighted by molar-refractivity contribution is 0.568. The minimum absolute atomic E-state index is 0.130. The van der Waals surface area contributed by atoms with Gasteiger partial charge in [-0.05, 0) is 226 Å². The van der Waals surface area contributed by atoms with Crippen molar-refractivity contribution in [1.82, 2.24) is 4.57 Å². The molecule has 132 heavy (non-hydrogen) atoms. The third kappa shape index (κ3) is 15.0. The summed E-state index contributed by atoms with van der Waals surface area (Å²) in [6, 6.07) is 112. The van der Waals surface area contributed by atoms with Crippen LogP contribution in [0.15, 0.2) is 294 Å². The zero-order valence-corrected chi connectivity index (χ0v) is 82.9. The normalized spacial score (nSPS) is 13.7. The van der Waals surface area contributed by atoms with Crippen molar-refractivity contribution >= 4 is 123 Å². The van der Waals surface area contributed by atoms with Crippen LogP contribution in [0.5, 0.6) is 0 Å². The van der Waals surface area contributed by atoms with Gasteiger partial charge in [-0.3, -0.25) is 0 Å². The molecule has 5 nitrogen and oxygen atoms in total. The molecule has 0 bridgehead atoms. The van der Waals surface area contributed by atoms with E-state index in [1.807, 2.05) is 0 Å². The minimum Gasteiger partial charge on any atom is -0.456 e. The van der Waals surface area contributed by atoms with Crippen LogP contribution in [0.1, 0.15) is 237 Å². The highest BCUT2D eigenvalue weighted by molar-refractivity contribution is 7.00. The molecule has 6 heteroatoms. The average Bonchev–Trinajstić information content (AvgIpc) is 1.03. The average molecular weight is 1730 g/mol. The lowest BCUT2D eigenvalue weighted by Crippen LogP contribution is -2.61. The number of rotatable bonds is 9. The Morgan fingerprint density at radius 3 is 0.894 bits per heavy atom. The number of anilines is 6. The number of nitrogens with zero attached hydrogens (tertiary/aromatic N) is 3. The van der Waals surface area contributed by atoms with Crippen molar-refractivity contribution in [3.63, 3.8) is 0 Å². The van der Waals surface area contributed by atoms with Crippen molar-refractivity contribution in [1.29, 1.82) is 0 Å². The van der Waals surface area contributed by atoms with Crippen molar-refractivity contribution in [2.75, 3.05) is 9.80 Å². The van der Waals surface area contributed by atoms with Crippen LogP contribution in [-0.2, 0) is 48.7 Å². The fourth-order valence-corrected chi connectivity index (χ4v) is 20.8. The molecule has 0 spiro atoms. The van der Waals surface area contributed by atoms with E-state index in [1.165, 1.54) is 88.4 Å². The second-order valence-electron chi connectivity index (χ2n) is 47.5. The molecule has 0 unspecified atom stereocenters. The van der Waals surface area contributed by atoms with Gasteiger partial charge in [-0.1, -0.05) is 405 Å². The Bertz CT molecular complexity index is 7250. The van der Waals surface area contributed by atoms with Gasteiger partial charge in [-0.25, -0.2) is 0 Å². The molecule has 2 aliphatic rings. The van der Waals surface area contributed by atoms with Crippen LogP contribution in [0.25, 0.3) is 138 Å². The quantitative estimate of drug-likeness (QED) is 0.135. The molecule has 18 aromatic rings. The maximum absolute atomic E-state index is 7.07. The second kappa shape index (κ2) is 30.5. The molecular formula is C126H128BN3O2. The fraction of sp³-hybridized carbons (Fsp3) is 0.286. The number of hydrogen-bond donors (Lipinski definition) is 0. The van der Waals surface area contributed by atoms with Gasteiger partial charge in [0.05, 0.1) is 28.1 Å². The minimum atomic E-state index is -0.406. The van der Waals surface area contributed by atoms with Crippen LogP contribution in [0.3, 0.4) is 0 Å². The zero-order chi connectivity index (χ0) is 93.3. The number of aromatic nitrogens is 1. The molecule has 5 heterocycles. The van der Waals surface area contributed by atoms with Gasteiger partial charge >= 0.3 is 0 Å². The van der Waals surface area contributed by atoms with Crippen LogP contribution in [0.4, 0.5) is 34.1 Å². The Hall–Kier alpha value is -12.6. The molecule has 15 aromatic carbocycles. The summed E-state index contributed by atoms with van der Waals surface area (Å²) in [5.41, 5.74) is 40.4. The largest absolute Gasteiger partial charge is 0.456 e. The Morgan fingerprint density at radius 2 is 0.523 bits per heavy atom. The maximum Gasteiger partial charge on any atom is 0.252 e. The number of furan rings is 2. The summed E-state index contributed by atoms with van der Waals surface area (Å²) in [5.74, 6) is 0. The summed E-state index contributed by atoms with van der Waals surface area (Å²) in [6.07, 6.45) is 0. The molecule has 0 atom stereocenters. The monoisotopic (exact) mass is 1730 g/mol. The number of hydrogen-bond acceptors (Lipinski definition) is 4. The Labute approximate surface area is 784 Å². The predicted octanol–water partition coefficient (Wildman–Crippen LogP) is 34.3. The smallest absolute Gasteiger partial charge is 0.252 e. The van der Waals surface area contributed by atoms with E-state index in [0.717, 1.165) is 150 Å². The molecule has 2 aliphatic heterocycles. The van der Waals surface area contributed by atoms with Crippen LogP contribution in [0, 0.1) is 0 Å². The number of fused-ring (bicyclic) bond motifs is 13. The topological polar surface area (TPSA) is 37.7 Å². The van der Waals surface area contributed by atoms with E-state index < -0.39 is 6.71 Å². The lowest BCUT2D eigenvalue weighted by Gasteiger charge is -2.46. The second-order valence-corrected chi connectivity index (χ2v) is 47.5. The lowest BCUT2D eigenvalue weighted by atomic mass is 9.33. The van der Waals surface area contributed by atoms with Crippen molar-refractivity contribution in [3.8, 4) is 72.4 Å². The summed E-state index contributed by atoms with van der Waals surface area (Å²) in [6.45, 7) is 63.6. The van der Waals surface area contributed by atoms with Gasteiger partial charge < -0.3 is 23.2 Å². The molecule has 20 rings (SSSR count). The number of para-hydroxylation sites is 5. The summed E-state index contributed by atoms with van der Waals surface area (Å²) >= 11 is 0. The van der Waals surface area contributed by atoms with Crippen molar-refractivity contribution in [2.24, 2.45) is 0 Å².